The maximum Gasteiger partial charge on any atom is 0.152 e. The molecule has 1 N–H and O–H groups in total. The molecule has 1 aromatic carbocycles. The van der Waals surface area contributed by atoms with Gasteiger partial charge in [-0.25, -0.2) is 9.37 Å². The van der Waals surface area contributed by atoms with E-state index in [2.05, 4.69) is 28.7 Å². The van der Waals surface area contributed by atoms with Gasteiger partial charge in [-0.1, -0.05) is 12.1 Å². The maximum absolute atomic E-state index is 13.0. The topological polar surface area (TPSA) is 31.9 Å². The molecule has 3 aromatic rings. The molecule has 3 nitrogen and oxygen atoms in total. The number of aryl methyl sites for hydroxylation is 2. The predicted molar refractivity (Wildman–Crippen MR) is 91.3 cm³/mol. The quantitative estimate of drug-likeness (QED) is 0.777. The number of nitrogens with one attached hydrogen (secondary N) is 1. The van der Waals surface area contributed by atoms with E-state index in [0.29, 0.717) is 6.54 Å². The van der Waals surface area contributed by atoms with E-state index in [0.717, 1.165) is 22.6 Å². The average Bonchev–Trinajstić information content (AvgIpc) is 2.77. The smallest absolute Gasteiger partial charge is 0.152 e. The van der Waals surface area contributed by atoms with Gasteiger partial charge in [-0.15, -0.1) is 12.4 Å². The van der Waals surface area contributed by atoms with E-state index in [1.807, 2.05) is 19.3 Å². The molecule has 2 heterocycles. The first-order valence-electron chi connectivity index (χ1n) is 6.95. The maximum atomic E-state index is 13.0. The minimum atomic E-state index is -0.211. The molecule has 22 heavy (non-hydrogen) atoms. The van der Waals surface area contributed by atoms with Gasteiger partial charge in [0.1, 0.15) is 5.82 Å². The van der Waals surface area contributed by atoms with Crippen molar-refractivity contribution in [3.05, 3.63) is 59.2 Å². The SMILES string of the molecule is Cc1[nH]c2c(N(C)Cc3ccc(F)cc3)nccc2c1C.Cl. The van der Waals surface area contributed by atoms with E-state index in [9.17, 15) is 4.39 Å². The lowest BCUT2D eigenvalue weighted by Gasteiger charge is -2.19. The van der Waals surface area contributed by atoms with Crippen LogP contribution < -0.4 is 4.90 Å². The number of rotatable bonds is 3. The number of aromatic nitrogens is 2. The highest BCUT2D eigenvalue weighted by molar-refractivity contribution is 5.92. The zero-order valence-electron chi connectivity index (χ0n) is 12.9. The summed E-state index contributed by atoms with van der Waals surface area (Å²) in [4.78, 5) is 9.98. The Kier molecular flexibility index (Phi) is 4.71. The van der Waals surface area contributed by atoms with Crippen molar-refractivity contribution >= 4 is 29.1 Å². The van der Waals surface area contributed by atoms with Crippen LogP contribution in [0.4, 0.5) is 10.2 Å². The minimum Gasteiger partial charge on any atom is -0.355 e. The lowest BCUT2D eigenvalue weighted by Crippen LogP contribution is -2.18. The van der Waals surface area contributed by atoms with Crippen molar-refractivity contribution in [1.82, 2.24) is 9.97 Å². The molecule has 0 amide bonds. The van der Waals surface area contributed by atoms with Gasteiger partial charge in [0.25, 0.3) is 0 Å². The molecule has 0 bridgehead atoms. The van der Waals surface area contributed by atoms with Crippen LogP contribution in [0.5, 0.6) is 0 Å². The van der Waals surface area contributed by atoms with Gasteiger partial charge in [0.2, 0.25) is 0 Å². The molecule has 0 fully saturated rings. The minimum absolute atomic E-state index is 0. The van der Waals surface area contributed by atoms with Gasteiger partial charge < -0.3 is 9.88 Å². The fourth-order valence-electron chi connectivity index (χ4n) is 2.60. The number of nitrogens with zero attached hydrogens (tertiary/aromatic N) is 2. The molecule has 0 aliphatic carbocycles. The number of fused-ring (bicyclic) bond motifs is 1. The fourth-order valence-corrected chi connectivity index (χ4v) is 2.60. The number of benzene rings is 1. The van der Waals surface area contributed by atoms with Crippen LogP contribution in [-0.2, 0) is 6.54 Å². The van der Waals surface area contributed by atoms with Crippen LogP contribution in [0.3, 0.4) is 0 Å². The van der Waals surface area contributed by atoms with Gasteiger partial charge in [-0.3, -0.25) is 0 Å². The van der Waals surface area contributed by atoms with Crippen LogP contribution in [0.2, 0.25) is 0 Å². The normalized spacial score (nSPS) is 10.5. The molecule has 0 saturated carbocycles. The Morgan fingerprint density at radius 3 is 2.50 bits per heavy atom. The molecule has 5 heteroatoms. The highest BCUT2D eigenvalue weighted by Crippen LogP contribution is 2.28. The molecule has 3 rings (SSSR count). The molecule has 0 aliphatic rings. The molecule has 0 spiro atoms. The van der Waals surface area contributed by atoms with E-state index < -0.39 is 0 Å². The van der Waals surface area contributed by atoms with Crippen molar-refractivity contribution < 1.29 is 4.39 Å². The predicted octanol–water partition coefficient (Wildman–Crippen LogP) is 4.38. The Morgan fingerprint density at radius 1 is 1.14 bits per heavy atom. The monoisotopic (exact) mass is 319 g/mol. The molecule has 116 valence electrons. The highest BCUT2D eigenvalue weighted by Gasteiger charge is 2.12. The van der Waals surface area contributed by atoms with E-state index in [4.69, 9.17) is 0 Å². The summed E-state index contributed by atoms with van der Waals surface area (Å²) >= 11 is 0. The number of anilines is 1. The molecule has 0 radical (unpaired) electrons. The standard InChI is InChI=1S/C17H18FN3.ClH/c1-11-12(2)20-16-15(11)8-9-19-17(16)21(3)10-13-4-6-14(18)7-5-13;/h4-9,20H,10H2,1-3H3;1H. The van der Waals surface area contributed by atoms with Crippen LogP contribution in [0.15, 0.2) is 36.5 Å². The Morgan fingerprint density at radius 2 is 1.82 bits per heavy atom. The highest BCUT2D eigenvalue weighted by atomic mass is 35.5. The first kappa shape index (κ1) is 16.3. The van der Waals surface area contributed by atoms with Gasteiger partial charge in [0.05, 0.1) is 5.52 Å². The molecule has 0 saturated heterocycles. The Bertz CT molecular complexity index is 780. The van der Waals surface area contributed by atoms with Crippen LogP contribution in [0, 0.1) is 19.7 Å². The van der Waals surface area contributed by atoms with Crippen molar-refractivity contribution in [3.8, 4) is 0 Å². The number of hydrogen-bond donors (Lipinski definition) is 1. The van der Waals surface area contributed by atoms with E-state index >= 15 is 0 Å². The zero-order valence-corrected chi connectivity index (χ0v) is 13.7. The molecule has 0 unspecified atom stereocenters. The third-order valence-electron chi connectivity index (χ3n) is 3.90. The van der Waals surface area contributed by atoms with E-state index in [1.165, 1.54) is 23.1 Å². The fraction of sp³-hybridized carbons (Fsp3) is 0.235. The Balaban J connectivity index is 0.00000176. The van der Waals surface area contributed by atoms with Crippen molar-refractivity contribution in [1.29, 1.82) is 0 Å². The van der Waals surface area contributed by atoms with E-state index in [1.54, 1.807) is 12.1 Å². The average molecular weight is 320 g/mol. The molecular formula is C17H19ClFN3. The Hall–Kier alpha value is -2.07. The van der Waals surface area contributed by atoms with Crippen molar-refractivity contribution in [2.45, 2.75) is 20.4 Å². The summed E-state index contributed by atoms with van der Waals surface area (Å²) in [6, 6.07) is 8.61. The second kappa shape index (κ2) is 6.36. The number of hydrogen-bond acceptors (Lipinski definition) is 2. The van der Waals surface area contributed by atoms with Crippen molar-refractivity contribution in [3.63, 3.8) is 0 Å². The lowest BCUT2D eigenvalue weighted by atomic mass is 10.2. The third-order valence-corrected chi connectivity index (χ3v) is 3.90. The second-order valence-corrected chi connectivity index (χ2v) is 5.41. The third kappa shape index (κ3) is 2.92. The van der Waals surface area contributed by atoms with Crippen molar-refractivity contribution in [2.75, 3.05) is 11.9 Å². The number of H-pyrrole nitrogens is 1. The molecular weight excluding hydrogens is 301 g/mol. The summed E-state index contributed by atoms with van der Waals surface area (Å²) < 4.78 is 13.0. The summed E-state index contributed by atoms with van der Waals surface area (Å²) in [7, 11) is 2.00. The van der Waals surface area contributed by atoms with Gasteiger partial charge >= 0.3 is 0 Å². The second-order valence-electron chi connectivity index (χ2n) is 5.41. The van der Waals surface area contributed by atoms with Crippen LogP contribution in [0.1, 0.15) is 16.8 Å². The Labute approximate surface area is 135 Å². The molecule has 0 aliphatic heterocycles. The van der Waals surface area contributed by atoms with Gasteiger partial charge in [0.15, 0.2) is 5.82 Å². The molecule has 0 atom stereocenters. The number of halogens is 2. The van der Waals surface area contributed by atoms with Crippen molar-refractivity contribution in [2.24, 2.45) is 0 Å². The van der Waals surface area contributed by atoms with Gasteiger partial charge in [-0.2, -0.15) is 0 Å². The first-order chi connectivity index (χ1) is 10.1. The van der Waals surface area contributed by atoms with Crippen LogP contribution in [-0.4, -0.2) is 17.0 Å². The van der Waals surface area contributed by atoms with Crippen LogP contribution in [0.25, 0.3) is 10.9 Å². The largest absolute Gasteiger partial charge is 0.355 e. The molecule has 2 aromatic heterocycles. The van der Waals surface area contributed by atoms with Gasteiger partial charge in [-0.05, 0) is 43.2 Å². The summed E-state index contributed by atoms with van der Waals surface area (Å²) in [5.41, 5.74) is 4.52. The first-order valence-corrected chi connectivity index (χ1v) is 6.95. The number of aromatic amines is 1. The summed E-state index contributed by atoms with van der Waals surface area (Å²) in [6.07, 6.45) is 1.83. The summed E-state index contributed by atoms with van der Waals surface area (Å²) in [5.74, 6) is 0.699. The summed E-state index contributed by atoms with van der Waals surface area (Å²) in [6.45, 7) is 4.86. The lowest BCUT2D eigenvalue weighted by molar-refractivity contribution is 0.627. The number of pyridine rings is 1. The zero-order chi connectivity index (χ0) is 15.0. The summed E-state index contributed by atoms with van der Waals surface area (Å²) in [5, 5.41) is 1.20. The van der Waals surface area contributed by atoms with Gasteiger partial charge in [0, 0.05) is 30.9 Å². The van der Waals surface area contributed by atoms with E-state index in [-0.39, 0.29) is 18.2 Å². The van der Waals surface area contributed by atoms with Crippen LogP contribution >= 0.6 is 12.4 Å².